The molecular formula is C18H16N4O2S. The fourth-order valence-electron chi connectivity index (χ4n) is 2.82. The minimum Gasteiger partial charge on any atom is -0.286 e. The lowest BCUT2D eigenvalue weighted by Crippen LogP contribution is -2.12. The highest BCUT2D eigenvalue weighted by atomic mass is 32.2. The third-order valence-electron chi connectivity index (χ3n) is 4.22. The Morgan fingerprint density at radius 3 is 2.40 bits per heavy atom. The Hall–Kier alpha value is -2.93. The molecule has 25 heavy (non-hydrogen) atoms. The Balaban J connectivity index is 1.90. The van der Waals surface area contributed by atoms with Crippen LogP contribution in [0.1, 0.15) is 11.4 Å². The fourth-order valence-corrected chi connectivity index (χ4v) is 4.17. The number of aryl methyl sites for hydroxylation is 2. The second kappa shape index (κ2) is 5.56. The Morgan fingerprint density at radius 2 is 1.72 bits per heavy atom. The zero-order valence-electron chi connectivity index (χ0n) is 13.8. The van der Waals surface area contributed by atoms with Gasteiger partial charge in [0.1, 0.15) is 12.2 Å². The van der Waals surface area contributed by atoms with Crippen LogP contribution in [0.2, 0.25) is 0 Å². The lowest BCUT2D eigenvalue weighted by atomic mass is 10.2. The van der Waals surface area contributed by atoms with E-state index in [1.54, 1.807) is 42.9 Å². The van der Waals surface area contributed by atoms with Gasteiger partial charge >= 0.3 is 0 Å². The number of hydrogen-bond donors (Lipinski definition) is 0. The number of rotatable bonds is 3. The summed E-state index contributed by atoms with van der Waals surface area (Å²) in [5.41, 5.74) is 2.45. The average molecular weight is 352 g/mol. The van der Waals surface area contributed by atoms with Gasteiger partial charge in [0, 0.05) is 11.6 Å². The van der Waals surface area contributed by atoms with Crippen molar-refractivity contribution in [3.8, 4) is 5.69 Å². The molecular weight excluding hydrogens is 336 g/mol. The van der Waals surface area contributed by atoms with Gasteiger partial charge in [-0.05, 0) is 44.2 Å². The van der Waals surface area contributed by atoms with E-state index in [2.05, 4.69) is 10.2 Å². The van der Waals surface area contributed by atoms with Crippen molar-refractivity contribution in [2.45, 2.75) is 18.7 Å². The predicted molar refractivity (Wildman–Crippen MR) is 95.4 cm³/mol. The normalized spacial score (nSPS) is 11.9. The summed E-state index contributed by atoms with van der Waals surface area (Å²) in [7, 11) is -3.66. The fraction of sp³-hybridized carbons (Fsp3) is 0.111. The predicted octanol–water partition coefficient (Wildman–Crippen LogP) is 3.08. The van der Waals surface area contributed by atoms with E-state index in [1.807, 2.05) is 36.6 Å². The first-order chi connectivity index (χ1) is 12.0. The van der Waals surface area contributed by atoms with Crippen LogP contribution in [0.25, 0.3) is 16.6 Å². The minimum absolute atomic E-state index is 0.265. The Kier molecular flexibility index (Phi) is 3.47. The van der Waals surface area contributed by atoms with Crippen LogP contribution < -0.4 is 0 Å². The van der Waals surface area contributed by atoms with Crippen LogP contribution in [0.15, 0.2) is 66.0 Å². The summed E-state index contributed by atoms with van der Waals surface area (Å²) in [6.45, 7) is 3.77. The first-order valence-corrected chi connectivity index (χ1v) is 9.21. The molecule has 0 aliphatic carbocycles. The third kappa shape index (κ3) is 2.53. The van der Waals surface area contributed by atoms with Crippen molar-refractivity contribution in [2.75, 3.05) is 0 Å². The molecule has 4 rings (SSSR count). The van der Waals surface area contributed by atoms with E-state index in [0.29, 0.717) is 5.52 Å². The van der Waals surface area contributed by atoms with Gasteiger partial charge in [-0.15, -0.1) is 10.2 Å². The Morgan fingerprint density at radius 1 is 0.960 bits per heavy atom. The molecule has 0 N–H and O–H groups in total. The summed E-state index contributed by atoms with van der Waals surface area (Å²) < 4.78 is 29.2. The van der Waals surface area contributed by atoms with Gasteiger partial charge in [-0.3, -0.25) is 4.57 Å². The van der Waals surface area contributed by atoms with Crippen molar-refractivity contribution < 1.29 is 8.42 Å². The molecule has 0 saturated carbocycles. The molecule has 0 unspecified atom stereocenters. The van der Waals surface area contributed by atoms with Crippen molar-refractivity contribution in [2.24, 2.45) is 0 Å². The molecule has 0 aliphatic heterocycles. The SMILES string of the molecule is Cc1ccc(S(=O)(=O)n2ccc3ccc(-n4cnnc4C)cc32)cc1. The van der Waals surface area contributed by atoms with E-state index < -0.39 is 10.0 Å². The van der Waals surface area contributed by atoms with Crippen molar-refractivity contribution in [3.63, 3.8) is 0 Å². The Labute approximate surface area is 145 Å². The highest BCUT2D eigenvalue weighted by molar-refractivity contribution is 7.90. The summed E-state index contributed by atoms with van der Waals surface area (Å²) in [4.78, 5) is 0.265. The van der Waals surface area contributed by atoms with E-state index in [1.165, 1.54) is 3.97 Å². The summed E-state index contributed by atoms with van der Waals surface area (Å²) in [6, 6.07) is 14.3. The van der Waals surface area contributed by atoms with Crippen LogP contribution in [-0.4, -0.2) is 27.2 Å². The summed E-state index contributed by atoms with van der Waals surface area (Å²) in [6.07, 6.45) is 3.20. The second-order valence-electron chi connectivity index (χ2n) is 5.92. The summed E-state index contributed by atoms with van der Waals surface area (Å²) in [5.74, 6) is 0.735. The smallest absolute Gasteiger partial charge is 0.268 e. The molecule has 0 aliphatic rings. The topological polar surface area (TPSA) is 69.8 Å². The molecule has 0 bridgehead atoms. The lowest BCUT2D eigenvalue weighted by molar-refractivity contribution is 0.589. The first-order valence-electron chi connectivity index (χ1n) is 7.77. The van der Waals surface area contributed by atoms with E-state index in [9.17, 15) is 8.42 Å². The summed E-state index contributed by atoms with van der Waals surface area (Å²) in [5, 5.41) is 8.71. The number of nitrogens with zero attached hydrogens (tertiary/aromatic N) is 4. The highest BCUT2D eigenvalue weighted by Crippen LogP contribution is 2.25. The molecule has 0 amide bonds. The maximum atomic E-state index is 13.0. The van der Waals surface area contributed by atoms with E-state index in [0.717, 1.165) is 22.5 Å². The lowest BCUT2D eigenvalue weighted by Gasteiger charge is -2.09. The molecule has 0 spiro atoms. The molecule has 4 aromatic rings. The zero-order valence-corrected chi connectivity index (χ0v) is 14.6. The molecule has 6 nitrogen and oxygen atoms in total. The highest BCUT2D eigenvalue weighted by Gasteiger charge is 2.19. The maximum Gasteiger partial charge on any atom is 0.268 e. The van der Waals surface area contributed by atoms with Gasteiger partial charge in [-0.1, -0.05) is 23.8 Å². The number of fused-ring (bicyclic) bond motifs is 1. The van der Waals surface area contributed by atoms with Crippen LogP contribution >= 0.6 is 0 Å². The maximum absolute atomic E-state index is 13.0. The molecule has 0 fully saturated rings. The largest absolute Gasteiger partial charge is 0.286 e. The average Bonchev–Trinajstić information content (AvgIpc) is 3.20. The molecule has 126 valence electrons. The van der Waals surface area contributed by atoms with E-state index in [-0.39, 0.29) is 4.90 Å². The van der Waals surface area contributed by atoms with Crippen molar-refractivity contribution in [1.29, 1.82) is 0 Å². The van der Waals surface area contributed by atoms with Gasteiger partial charge < -0.3 is 0 Å². The van der Waals surface area contributed by atoms with Crippen molar-refractivity contribution >= 4 is 20.9 Å². The number of aromatic nitrogens is 4. The second-order valence-corrected chi connectivity index (χ2v) is 7.74. The van der Waals surface area contributed by atoms with Gasteiger partial charge in [-0.2, -0.15) is 0 Å². The molecule has 0 saturated heterocycles. The third-order valence-corrected chi connectivity index (χ3v) is 5.92. The van der Waals surface area contributed by atoms with E-state index >= 15 is 0 Å². The monoisotopic (exact) mass is 352 g/mol. The van der Waals surface area contributed by atoms with Gasteiger partial charge in [-0.25, -0.2) is 12.4 Å². The molecule has 0 radical (unpaired) electrons. The van der Waals surface area contributed by atoms with Crippen LogP contribution in [-0.2, 0) is 10.0 Å². The summed E-state index contributed by atoms with van der Waals surface area (Å²) >= 11 is 0. The van der Waals surface area contributed by atoms with Crippen molar-refractivity contribution in [3.05, 3.63) is 72.4 Å². The van der Waals surface area contributed by atoms with E-state index in [4.69, 9.17) is 0 Å². The quantitative estimate of drug-likeness (QED) is 0.568. The van der Waals surface area contributed by atoms with Crippen LogP contribution in [0.5, 0.6) is 0 Å². The van der Waals surface area contributed by atoms with Gasteiger partial charge in [0.25, 0.3) is 10.0 Å². The molecule has 7 heteroatoms. The molecule has 0 atom stereocenters. The molecule has 2 aromatic heterocycles. The molecule has 2 heterocycles. The van der Waals surface area contributed by atoms with Gasteiger partial charge in [0.15, 0.2) is 0 Å². The first kappa shape index (κ1) is 15.6. The van der Waals surface area contributed by atoms with Crippen LogP contribution in [0, 0.1) is 13.8 Å². The van der Waals surface area contributed by atoms with Crippen molar-refractivity contribution in [1.82, 2.24) is 18.7 Å². The van der Waals surface area contributed by atoms with Gasteiger partial charge in [0.05, 0.1) is 16.1 Å². The minimum atomic E-state index is -3.66. The Bertz CT molecular complexity index is 1170. The van der Waals surface area contributed by atoms with Crippen LogP contribution in [0.4, 0.5) is 0 Å². The number of hydrogen-bond acceptors (Lipinski definition) is 4. The number of benzene rings is 2. The molecule has 2 aromatic carbocycles. The van der Waals surface area contributed by atoms with Gasteiger partial charge in [0.2, 0.25) is 0 Å². The zero-order chi connectivity index (χ0) is 17.6. The van der Waals surface area contributed by atoms with Crippen LogP contribution in [0.3, 0.4) is 0 Å². The standard InChI is InChI=1S/C18H16N4O2S/c1-13-3-7-17(8-4-13)25(23,24)22-10-9-15-5-6-16(11-18(15)22)21-12-19-20-14(21)2/h3-12H,1-2H3.